The quantitative estimate of drug-likeness (QED) is 0.662. The van der Waals surface area contributed by atoms with Gasteiger partial charge in [0.1, 0.15) is 11.6 Å². The van der Waals surface area contributed by atoms with Crippen LogP contribution in [0.3, 0.4) is 0 Å². The van der Waals surface area contributed by atoms with Gasteiger partial charge in [-0.25, -0.2) is 8.78 Å². The van der Waals surface area contributed by atoms with Crippen LogP contribution in [0.15, 0.2) is 42.5 Å². The van der Waals surface area contributed by atoms with Gasteiger partial charge >= 0.3 is 0 Å². The standard InChI is InChI=1S/C17H17F2N3O2.ClH/c18-13-4-1-3-12(9-13)17-10-20-7-8-21(17)11-14-15(19)5-2-6-16(14)22(23)24;/h1-6,9,17,20H,7-8,10-11H2;1H. The molecule has 1 aliphatic rings. The van der Waals surface area contributed by atoms with Crippen molar-refractivity contribution in [3.05, 3.63) is 75.3 Å². The monoisotopic (exact) mass is 369 g/mol. The lowest BCUT2D eigenvalue weighted by molar-refractivity contribution is -0.386. The molecule has 0 radical (unpaired) electrons. The van der Waals surface area contributed by atoms with E-state index in [-0.39, 0.29) is 42.1 Å². The zero-order valence-electron chi connectivity index (χ0n) is 13.3. The molecule has 0 amide bonds. The lowest BCUT2D eigenvalue weighted by Gasteiger charge is -2.36. The highest BCUT2D eigenvalue weighted by atomic mass is 35.5. The smallest absolute Gasteiger partial charge is 0.276 e. The fraction of sp³-hybridized carbons (Fsp3) is 0.294. The van der Waals surface area contributed by atoms with Crippen LogP contribution in [-0.4, -0.2) is 29.5 Å². The molecule has 0 saturated carbocycles. The summed E-state index contributed by atoms with van der Waals surface area (Å²) in [5.41, 5.74) is 0.596. The minimum atomic E-state index is -0.597. The Morgan fingerprint density at radius 3 is 2.72 bits per heavy atom. The molecule has 0 spiro atoms. The van der Waals surface area contributed by atoms with Crippen molar-refractivity contribution >= 4 is 18.1 Å². The predicted molar refractivity (Wildman–Crippen MR) is 92.7 cm³/mol. The number of nitrogens with zero attached hydrogens (tertiary/aromatic N) is 2. The zero-order valence-corrected chi connectivity index (χ0v) is 14.1. The number of nitro benzene ring substituents is 1. The Bertz CT molecular complexity index is 760. The van der Waals surface area contributed by atoms with Crippen molar-refractivity contribution in [2.45, 2.75) is 12.6 Å². The van der Waals surface area contributed by atoms with E-state index < -0.39 is 10.7 Å². The third kappa shape index (κ3) is 4.31. The van der Waals surface area contributed by atoms with Crippen LogP contribution in [-0.2, 0) is 6.54 Å². The molecule has 1 unspecified atom stereocenters. The van der Waals surface area contributed by atoms with E-state index in [1.807, 2.05) is 11.0 Å². The number of halogens is 3. The Kier molecular flexibility index (Phi) is 6.41. The first kappa shape index (κ1) is 19.2. The summed E-state index contributed by atoms with van der Waals surface area (Å²) in [7, 11) is 0. The summed E-state index contributed by atoms with van der Waals surface area (Å²) < 4.78 is 27.7. The summed E-state index contributed by atoms with van der Waals surface area (Å²) in [6.45, 7) is 1.96. The van der Waals surface area contributed by atoms with Crippen molar-refractivity contribution < 1.29 is 13.7 Å². The summed E-state index contributed by atoms with van der Waals surface area (Å²) >= 11 is 0. The number of hydrogen-bond acceptors (Lipinski definition) is 4. The minimum Gasteiger partial charge on any atom is -0.314 e. The molecule has 8 heteroatoms. The van der Waals surface area contributed by atoms with Gasteiger partial charge in [0.05, 0.1) is 10.5 Å². The van der Waals surface area contributed by atoms with Gasteiger partial charge in [-0.2, -0.15) is 0 Å². The summed E-state index contributed by atoms with van der Waals surface area (Å²) in [6.07, 6.45) is 0. The normalized spacial score (nSPS) is 17.8. The molecule has 25 heavy (non-hydrogen) atoms. The molecule has 0 aliphatic carbocycles. The van der Waals surface area contributed by atoms with E-state index >= 15 is 0 Å². The van der Waals surface area contributed by atoms with Gasteiger partial charge in [0, 0.05) is 38.3 Å². The molecule has 1 saturated heterocycles. The van der Waals surface area contributed by atoms with E-state index in [1.54, 1.807) is 6.07 Å². The molecule has 1 fully saturated rings. The Balaban J connectivity index is 0.00000225. The number of nitro groups is 1. The van der Waals surface area contributed by atoms with Gasteiger partial charge in [0.15, 0.2) is 0 Å². The van der Waals surface area contributed by atoms with Crippen molar-refractivity contribution in [2.75, 3.05) is 19.6 Å². The van der Waals surface area contributed by atoms with Crippen LogP contribution < -0.4 is 5.32 Å². The molecule has 1 heterocycles. The molecule has 1 N–H and O–H groups in total. The first-order valence-corrected chi connectivity index (χ1v) is 7.68. The first-order chi connectivity index (χ1) is 11.6. The van der Waals surface area contributed by atoms with Gasteiger partial charge in [-0.3, -0.25) is 15.0 Å². The maximum Gasteiger partial charge on any atom is 0.276 e. The van der Waals surface area contributed by atoms with Crippen LogP contribution >= 0.6 is 12.4 Å². The third-order valence-electron chi connectivity index (χ3n) is 4.24. The van der Waals surface area contributed by atoms with E-state index in [0.29, 0.717) is 19.6 Å². The fourth-order valence-corrected chi connectivity index (χ4v) is 3.06. The van der Waals surface area contributed by atoms with Gasteiger partial charge in [-0.1, -0.05) is 18.2 Å². The lowest BCUT2D eigenvalue weighted by Crippen LogP contribution is -2.45. The molecule has 5 nitrogen and oxygen atoms in total. The molecule has 0 bridgehead atoms. The SMILES string of the molecule is Cl.O=[N+]([O-])c1cccc(F)c1CN1CCNCC1c1cccc(F)c1. The Labute approximate surface area is 150 Å². The van der Waals surface area contributed by atoms with Crippen LogP contribution in [0.25, 0.3) is 0 Å². The molecule has 2 aromatic rings. The van der Waals surface area contributed by atoms with E-state index in [1.165, 1.54) is 30.3 Å². The summed E-state index contributed by atoms with van der Waals surface area (Å²) in [5.74, 6) is -0.935. The largest absolute Gasteiger partial charge is 0.314 e. The lowest BCUT2D eigenvalue weighted by atomic mass is 10.0. The van der Waals surface area contributed by atoms with Crippen LogP contribution in [0.5, 0.6) is 0 Å². The third-order valence-corrected chi connectivity index (χ3v) is 4.24. The molecule has 134 valence electrons. The van der Waals surface area contributed by atoms with Gasteiger partial charge in [0.25, 0.3) is 5.69 Å². The zero-order chi connectivity index (χ0) is 17.1. The van der Waals surface area contributed by atoms with Crippen LogP contribution in [0.1, 0.15) is 17.2 Å². The maximum atomic E-state index is 14.2. The van der Waals surface area contributed by atoms with E-state index in [0.717, 1.165) is 5.56 Å². The van der Waals surface area contributed by atoms with Gasteiger partial charge in [-0.15, -0.1) is 12.4 Å². The minimum absolute atomic E-state index is 0. The second-order valence-electron chi connectivity index (χ2n) is 5.74. The molecular formula is C17H18ClF2N3O2. The average Bonchev–Trinajstić information content (AvgIpc) is 2.57. The topological polar surface area (TPSA) is 58.4 Å². The predicted octanol–water partition coefficient (Wildman–Crippen LogP) is 3.44. The molecule has 0 aromatic heterocycles. The molecule has 1 aliphatic heterocycles. The highest BCUT2D eigenvalue weighted by Gasteiger charge is 2.28. The number of benzene rings is 2. The van der Waals surface area contributed by atoms with Gasteiger partial charge in [-0.05, 0) is 23.8 Å². The number of rotatable bonds is 4. The van der Waals surface area contributed by atoms with Crippen LogP contribution in [0.2, 0.25) is 0 Å². The maximum absolute atomic E-state index is 14.2. The number of nitrogens with one attached hydrogen (secondary N) is 1. The average molecular weight is 370 g/mol. The van der Waals surface area contributed by atoms with Gasteiger partial charge in [0.2, 0.25) is 0 Å². The molecular weight excluding hydrogens is 352 g/mol. The van der Waals surface area contributed by atoms with Crippen LogP contribution in [0, 0.1) is 21.7 Å². The van der Waals surface area contributed by atoms with E-state index in [9.17, 15) is 18.9 Å². The second-order valence-corrected chi connectivity index (χ2v) is 5.74. The van der Waals surface area contributed by atoms with Gasteiger partial charge < -0.3 is 5.32 Å². The summed E-state index contributed by atoms with van der Waals surface area (Å²) in [5, 5.41) is 14.4. The second kappa shape index (κ2) is 8.33. The Morgan fingerprint density at radius 1 is 1.24 bits per heavy atom. The highest BCUT2D eigenvalue weighted by molar-refractivity contribution is 5.85. The number of hydrogen-bond donors (Lipinski definition) is 1. The molecule has 1 atom stereocenters. The van der Waals surface area contributed by atoms with Crippen LogP contribution in [0.4, 0.5) is 14.5 Å². The summed E-state index contributed by atoms with van der Waals surface area (Å²) in [6, 6.07) is 9.94. The van der Waals surface area contributed by atoms with E-state index in [2.05, 4.69) is 5.32 Å². The van der Waals surface area contributed by atoms with Crippen molar-refractivity contribution in [3.63, 3.8) is 0 Å². The van der Waals surface area contributed by atoms with Crippen molar-refractivity contribution in [3.8, 4) is 0 Å². The molecule has 2 aromatic carbocycles. The van der Waals surface area contributed by atoms with Crippen molar-refractivity contribution in [1.29, 1.82) is 0 Å². The molecule has 3 rings (SSSR count). The fourth-order valence-electron chi connectivity index (χ4n) is 3.06. The van der Waals surface area contributed by atoms with Crippen molar-refractivity contribution in [2.24, 2.45) is 0 Å². The first-order valence-electron chi connectivity index (χ1n) is 7.68. The Hall–Kier alpha value is -2.09. The highest BCUT2D eigenvalue weighted by Crippen LogP contribution is 2.29. The summed E-state index contributed by atoms with van der Waals surface area (Å²) in [4.78, 5) is 12.5. The Morgan fingerprint density at radius 2 is 2.00 bits per heavy atom. The van der Waals surface area contributed by atoms with Crippen molar-refractivity contribution in [1.82, 2.24) is 10.2 Å². The van der Waals surface area contributed by atoms with E-state index in [4.69, 9.17) is 0 Å². The number of piperazine rings is 1.